The fourth-order valence-electron chi connectivity index (χ4n) is 1.37. The van der Waals surface area contributed by atoms with Crippen LogP contribution in [0.15, 0.2) is 18.2 Å². The van der Waals surface area contributed by atoms with Gasteiger partial charge in [-0.1, -0.05) is 6.07 Å². The first-order valence-corrected chi connectivity index (χ1v) is 4.52. The van der Waals surface area contributed by atoms with Gasteiger partial charge in [0.05, 0.1) is 0 Å². The van der Waals surface area contributed by atoms with Crippen LogP contribution in [0, 0.1) is 6.92 Å². The summed E-state index contributed by atoms with van der Waals surface area (Å²) < 4.78 is 0. The predicted molar refractivity (Wildman–Crippen MR) is 57.6 cm³/mol. The van der Waals surface area contributed by atoms with E-state index in [1.54, 1.807) is 0 Å². The topological polar surface area (TPSA) is 52.0 Å². The lowest BCUT2D eigenvalue weighted by Crippen LogP contribution is -2.34. The van der Waals surface area contributed by atoms with E-state index < -0.39 is 0 Å². The van der Waals surface area contributed by atoms with Crippen LogP contribution in [-0.2, 0) is 6.42 Å². The quantitative estimate of drug-likeness (QED) is 0.679. The van der Waals surface area contributed by atoms with Gasteiger partial charge in [0.15, 0.2) is 0 Å². The Morgan fingerprint density at radius 2 is 1.92 bits per heavy atom. The summed E-state index contributed by atoms with van der Waals surface area (Å²) in [7, 11) is 0. The molecule has 13 heavy (non-hydrogen) atoms. The molecule has 0 aliphatic rings. The van der Waals surface area contributed by atoms with Crippen LogP contribution in [-0.4, -0.2) is 5.54 Å². The highest BCUT2D eigenvalue weighted by molar-refractivity contribution is 5.44. The Labute approximate surface area is 79.9 Å². The van der Waals surface area contributed by atoms with Crippen LogP contribution in [0.25, 0.3) is 0 Å². The van der Waals surface area contributed by atoms with Gasteiger partial charge in [0, 0.05) is 11.2 Å². The summed E-state index contributed by atoms with van der Waals surface area (Å²) in [6.45, 7) is 6.13. The van der Waals surface area contributed by atoms with Gasteiger partial charge in [-0.05, 0) is 50.5 Å². The summed E-state index contributed by atoms with van der Waals surface area (Å²) in [6.07, 6.45) is 0.865. The van der Waals surface area contributed by atoms with Gasteiger partial charge in [0.2, 0.25) is 0 Å². The molecule has 1 aromatic carbocycles. The van der Waals surface area contributed by atoms with E-state index in [2.05, 4.69) is 6.92 Å². The molecule has 0 aromatic heterocycles. The third-order valence-corrected chi connectivity index (χ3v) is 2.02. The molecule has 0 saturated carbocycles. The third kappa shape index (κ3) is 3.07. The predicted octanol–water partition coefficient (Wildman–Crippen LogP) is 1.86. The fourth-order valence-corrected chi connectivity index (χ4v) is 1.37. The van der Waals surface area contributed by atoms with Crippen LogP contribution in [0.2, 0.25) is 0 Å². The molecule has 0 bridgehead atoms. The van der Waals surface area contributed by atoms with Crippen molar-refractivity contribution in [3.8, 4) is 0 Å². The van der Waals surface area contributed by atoms with Crippen molar-refractivity contribution in [1.29, 1.82) is 0 Å². The average molecular weight is 178 g/mol. The number of benzene rings is 1. The van der Waals surface area contributed by atoms with Gasteiger partial charge in [-0.15, -0.1) is 0 Å². The smallest absolute Gasteiger partial charge is 0.0316 e. The summed E-state index contributed by atoms with van der Waals surface area (Å²) in [4.78, 5) is 0. The Bertz CT molecular complexity index is 297. The van der Waals surface area contributed by atoms with Gasteiger partial charge in [0.25, 0.3) is 0 Å². The first kappa shape index (κ1) is 10.1. The molecule has 0 aliphatic heterocycles. The highest BCUT2D eigenvalue weighted by Crippen LogP contribution is 2.17. The molecule has 0 radical (unpaired) electrons. The van der Waals surface area contributed by atoms with Gasteiger partial charge in [-0.3, -0.25) is 0 Å². The largest absolute Gasteiger partial charge is 0.399 e. The first-order chi connectivity index (χ1) is 5.88. The second-order valence-electron chi connectivity index (χ2n) is 4.35. The molecule has 0 unspecified atom stereocenters. The molecule has 1 rings (SSSR count). The Morgan fingerprint density at radius 1 is 1.31 bits per heavy atom. The normalized spacial score (nSPS) is 11.7. The number of nitrogen functional groups attached to an aromatic ring is 1. The average Bonchev–Trinajstić information content (AvgIpc) is 1.94. The highest BCUT2D eigenvalue weighted by Gasteiger charge is 2.12. The molecule has 0 spiro atoms. The zero-order valence-corrected chi connectivity index (χ0v) is 8.59. The van der Waals surface area contributed by atoms with E-state index in [9.17, 15) is 0 Å². The van der Waals surface area contributed by atoms with Crippen molar-refractivity contribution in [3.63, 3.8) is 0 Å². The third-order valence-electron chi connectivity index (χ3n) is 2.02. The van der Waals surface area contributed by atoms with Crippen molar-refractivity contribution in [3.05, 3.63) is 29.3 Å². The molecular weight excluding hydrogens is 160 g/mol. The van der Waals surface area contributed by atoms with E-state index in [-0.39, 0.29) is 5.54 Å². The zero-order chi connectivity index (χ0) is 10.1. The SMILES string of the molecule is Cc1ccc(N)cc1CC(C)(C)N. The number of anilines is 1. The maximum absolute atomic E-state index is 5.95. The maximum Gasteiger partial charge on any atom is 0.0316 e. The van der Waals surface area contributed by atoms with Crippen LogP contribution in [0.4, 0.5) is 5.69 Å². The molecule has 0 aliphatic carbocycles. The minimum Gasteiger partial charge on any atom is -0.399 e. The second-order valence-corrected chi connectivity index (χ2v) is 4.35. The van der Waals surface area contributed by atoms with E-state index in [0.29, 0.717) is 0 Å². The minimum absolute atomic E-state index is 0.168. The van der Waals surface area contributed by atoms with Crippen molar-refractivity contribution < 1.29 is 0 Å². The number of hydrogen-bond donors (Lipinski definition) is 2. The Kier molecular flexibility index (Phi) is 2.62. The second kappa shape index (κ2) is 3.38. The minimum atomic E-state index is -0.168. The molecule has 4 N–H and O–H groups in total. The van der Waals surface area contributed by atoms with Gasteiger partial charge in [-0.2, -0.15) is 0 Å². The summed E-state index contributed by atoms with van der Waals surface area (Å²) in [5.41, 5.74) is 14.8. The molecule has 2 heteroatoms. The van der Waals surface area contributed by atoms with Gasteiger partial charge >= 0.3 is 0 Å². The first-order valence-electron chi connectivity index (χ1n) is 4.52. The number of nitrogens with two attached hydrogens (primary N) is 2. The highest BCUT2D eigenvalue weighted by atomic mass is 14.7. The molecular formula is C11H18N2. The lowest BCUT2D eigenvalue weighted by Gasteiger charge is -2.19. The van der Waals surface area contributed by atoms with Crippen LogP contribution in [0.1, 0.15) is 25.0 Å². The van der Waals surface area contributed by atoms with E-state index in [4.69, 9.17) is 11.5 Å². The van der Waals surface area contributed by atoms with Crippen LogP contribution in [0.3, 0.4) is 0 Å². The van der Waals surface area contributed by atoms with Crippen molar-refractivity contribution in [2.24, 2.45) is 5.73 Å². The standard InChI is InChI=1S/C11H18N2/c1-8-4-5-10(12)6-9(8)7-11(2,3)13/h4-6H,7,12-13H2,1-3H3. The summed E-state index contributed by atoms with van der Waals surface area (Å²) in [5, 5.41) is 0. The summed E-state index contributed by atoms with van der Waals surface area (Å²) in [5.74, 6) is 0. The summed E-state index contributed by atoms with van der Waals surface area (Å²) >= 11 is 0. The molecule has 0 heterocycles. The van der Waals surface area contributed by atoms with Gasteiger partial charge < -0.3 is 11.5 Å². The van der Waals surface area contributed by atoms with E-state index in [0.717, 1.165) is 12.1 Å². The summed E-state index contributed by atoms with van der Waals surface area (Å²) in [6, 6.07) is 5.96. The van der Waals surface area contributed by atoms with Crippen molar-refractivity contribution >= 4 is 5.69 Å². The van der Waals surface area contributed by atoms with E-state index in [1.807, 2.05) is 32.0 Å². The van der Waals surface area contributed by atoms with Crippen LogP contribution < -0.4 is 11.5 Å². The molecule has 2 nitrogen and oxygen atoms in total. The van der Waals surface area contributed by atoms with Gasteiger partial charge in [0.1, 0.15) is 0 Å². The number of aryl methyl sites for hydroxylation is 1. The maximum atomic E-state index is 5.95. The van der Waals surface area contributed by atoms with Crippen molar-refractivity contribution in [2.75, 3.05) is 5.73 Å². The van der Waals surface area contributed by atoms with Crippen molar-refractivity contribution in [2.45, 2.75) is 32.7 Å². The van der Waals surface area contributed by atoms with Crippen LogP contribution >= 0.6 is 0 Å². The lowest BCUT2D eigenvalue weighted by atomic mass is 9.93. The lowest BCUT2D eigenvalue weighted by molar-refractivity contribution is 0.515. The molecule has 0 fully saturated rings. The van der Waals surface area contributed by atoms with E-state index >= 15 is 0 Å². The number of hydrogen-bond acceptors (Lipinski definition) is 2. The zero-order valence-electron chi connectivity index (χ0n) is 8.59. The molecule has 0 atom stereocenters. The van der Waals surface area contributed by atoms with E-state index in [1.165, 1.54) is 11.1 Å². The fraction of sp³-hybridized carbons (Fsp3) is 0.455. The molecule has 1 aromatic rings. The van der Waals surface area contributed by atoms with Crippen molar-refractivity contribution in [1.82, 2.24) is 0 Å². The number of rotatable bonds is 2. The van der Waals surface area contributed by atoms with Gasteiger partial charge in [-0.25, -0.2) is 0 Å². The molecule has 0 saturated heterocycles. The Hall–Kier alpha value is -1.02. The van der Waals surface area contributed by atoms with Crippen LogP contribution in [0.5, 0.6) is 0 Å². The monoisotopic (exact) mass is 178 g/mol. The molecule has 0 amide bonds. The Balaban J connectivity index is 2.94. The molecule has 72 valence electrons. The Morgan fingerprint density at radius 3 is 2.46 bits per heavy atom.